The third-order valence-corrected chi connectivity index (χ3v) is 3.00. The van der Waals surface area contributed by atoms with E-state index < -0.39 is 0 Å². The number of anilines is 1. The Labute approximate surface area is 96.1 Å². The van der Waals surface area contributed by atoms with E-state index in [9.17, 15) is 0 Å². The van der Waals surface area contributed by atoms with E-state index in [2.05, 4.69) is 21.8 Å². The van der Waals surface area contributed by atoms with E-state index >= 15 is 0 Å². The Morgan fingerprint density at radius 3 is 3.07 bits per heavy atom. The molecule has 0 atom stereocenters. The van der Waals surface area contributed by atoms with Crippen molar-refractivity contribution < 1.29 is 4.42 Å². The van der Waals surface area contributed by atoms with Crippen LogP contribution in [0, 0.1) is 0 Å². The van der Waals surface area contributed by atoms with E-state index in [1.807, 2.05) is 12.1 Å². The van der Waals surface area contributed by atoms with Gasteiger partial charge in [0.05, 0.1) is 12.3 Å². The molecule has 0 fully saturated rings. The fraction of sp³-hybridized carbons (Fsp3) is 0.333. The predicted octanol–water partition coefficient (Wildman–Crippen LogP) is 2.61. The van der Waals surface area contributed by atoms with Gasteiger partial charge in [0.15, 0.2) is 0 Å². The highest BCUT2D eigenvalue weighted by Gasteiger charge is 2.02. The molecular formula is C9H11N3OS2. The summed E-state index contributed by atoms with van der Waals surface area (Å²) in [6.07, 6.45) is 2.06. The third kappa shape index (κ3) is 2.97. The summed E-state index contributed by atoms with van der Waals surface area (Å²) in [5.74, 6) is 2.85. The van der Waals surface area contributed by atoms with Gasteiger partial charge in [-0.2, -0.15) is 11.8 Å². The van der Waals surface area contributed by atoms with Gasteiger partial charge < -0.3 is 9.73 Å². The molecule has 0 amide bonds. The Morgan fingerprint density at radius 1 is 1.47 bits per heavy atom. The molecule has 0 aromatic carbocycles. The van der Waals surface area contributed by atoms with Crippen molar-refractivity contribution >= 4 is 28.2 Å². The number of aromatic nitrogens is 2. The molecule has 1 N–H and O–H groups in total. The van der Waals surface area contributed by atoms with Gasteiger partial charge in [0, 0.05) is 0 Å². The van der Waals surface area contributed by atoms with Gasteiger partial charge in [0.2, 0.25) is 5.13 Å². The van der Waals surface area contributed by atoms with Crippen LogP contribution >= 0.6 is 23.1 Å². The summed E-state index contributed by atoms with van der Waals surface area (Å²) in [5.41, 5.74) is 1.70. The molecule has 0 bridgehead atoms. The van der Waals surface area contributed by atoms with Crippen molar-refractivity contribution in [3.8, 4) is 0 Å². The lowest BCUT2D eigenvalue weighted by molar-refractivity contribution is 0.487. The van der Waals surface area contributed by atoms with Crippen molar-refractivity contribution in [2.75, 3.05) is 11.6 Å². The van der Waals surface area contributed by atoms with Crippen LogP contribution in [0.4, 0.5) is 5.13 Å². The number of hydrogen-bond donors (Lipinski definition) is 1. The number of thioether (sulfide) groups is 1. The number of nitrogens with one attached hydrogen (secondary N) is 1. The van der Waals surface area contributed by atoms with Gasteiger partial charge in [-0.15, -0.1) is 10.2 Å². The SMILES string of the molecule is CSCc1ccc(CNc2nncs2)o1. The molecule has 0 aliphatic rings. The lowest BCUT2D eigenvalue weighted by atomic mass is 10.4. The van der Waals surface area contributed by atoms with Gasteiger partial charge >= 0.3 is 0 Å². The number of furan rings is 1. The summed E-state index contributed by atoms with van der Waals surface area (Å²) in [6.45, 7) is 0.656. The molecule has 0 unspecified atom stereocenters. The van der Waals surface area contributed by atoms with E-state index in [1.165, 1.54) is 11.3 Å². The molecule has 0 aliphatic carbocycles. The fourth-order valence-corrected chi connectivity index (χ4v) is 2.03. The molecular weight excluding hydrogens is 230 g/mol. The zero-order valence-electron chi connectivity index (χ0n) is 8.27. The van der Waals surface area contributed by atoms with E-state index in [0.717, 1.165) is 22.4 Å². The molecule has 0 spiro atoms. The summed E-state index contributed by atoms with van der Waals surface area (Å²) >= 11 is 3.23. The van der Waals surface area contributed by atoms with Crippen LogP contribution < -0.4 is 5.32 Å². The molecule has 0 radical (unpaired) electrons. The van der Waals surface area contributed by atoms with Gasteiger partial charge in [0.1, 0.15) is 17.0 Å². The zero-order valence-corrected chi connectivity index (χ0v) is 9.90. The number of hydrogen-bond acceptors (Lipinski definition) is 6. The lowest BCUT2D eigenvalue weighted by Gasteiger charge is -1.97. The predicted molar refractivity (Wildman–Crippen MR) is 63.2 cm³/mol. The Balaban J connectivity index is 1.88. The highest BCUT2D eigenvalue weighted by molar-refractivity contribution is 7.97. The average molecular weight is 241 g/mol. The van der Waals surface area contributed by atoms with Crippen LogP contribution in [0.15, 0.2) is 22.1 Å². The first-order chi connectivity index (χ1) is 7.38. The standard InChI is InChI=1S/C9H11N3OS2/c1-14-5-8-3-2-7(13-8)4-10-9-12-11-6-15-9/h2-3,6H,4-5H2,1H3,(H,10,12). The number of rotatable bonds is 5. The smallest absolute Gasteiger partial charge is 0.205 e. The summed E-state index contributed by atoms with van der Waals surface area (Å²) in [7, 11) is 0. The van der Waals surface area contributed by atoms with Crippen molar-refractivity contribution in [3.63, 3.8) is 0 Å². The van der Waals surface area contributed by atoms with Crippen molar-refractivity contribution in [2.24, 2.45) is 0 Å². The normalized spacial score (nSPS) is 10.5. The maximum Gasteiger partial charge on any atom is 0.205 e. The van der Waals surface area contributed by atoms with Crippen molar-refractivity contribution in [1.29, 1.82) is 0 Å². The first kappa shape index (κ1) is 10.5. The van der Waals surface area contributed by atoms with Crippen LogP contribution in [-0.4, -0.2) is 16.5 Å². The van der Waals surface area contributed by atoms with Crippen LogP contribution in [0.2, 0.25) is 0 Å². The minimum atomic E-state index is 0.656. The molecule has 2 heterocycles. The summed E-state index contributed by atoms with van der Waals surface area (Å²) in [6, 6.07) is 3.99. The molecule has 2 rings (SSSR count). The maximum absolute atomic E-state index is 5.60. The summed E-state index contributed by atoms with van der Waals surface area (Å²) in [5, 5.41) is 11.6. The van der Waals surface area contributed by atoms with Crippen molar-refractivity contribution in [3.05, 3.63) is 29.2 Å². The molecule has 6 heteroatoms. The van der Waals surface area contributed by atoms with Crippen LogP contribution in [0.25, 0.3) is 0 Å². The van der Waals surface area contributed by atoms with Gasteiger partial charge in [0.25, 0.3) is 0 Å². The summed E-state index contributed by atoms with van der Waals surface area (Å²) in [4.78, 5) is 0. The molecule has 0 saturated heterocycles. The molecule has 2 aromatic rings. The van der Waals surface area contributed by atoms with Crippen LogP contribution in [0.1, 0.15) is 11.5 Å². The molecule has 15 heavy (non-hydrogen) atoms. The second-order valence-corrected chi connectivity index (χ2v) is 4.60. The largest absolute Gasteiger partial charge is 0.463 e. The number of nitrogens with zero attached hydrogens (tertiary/aromatic N) is 2. The van der Waals surface area contributed by atoms with E-state index in [4.69, 9.17) is 4.42 Å². The molecule has 4 nitrogen and oxygen atoms in total. The topological polar surface area (TPSA) is 51.0 Å². The highest BCUT2D eigenvalue weighted by Crippen LogP contribution is 2.15. The highest BCUT2D eigenvalue weighted by atomic mass is 32.2. The van der Waals surface area contributed by atoms with Crippen LogP contribution in [0.3, 0.4) is 0 Å². The molecule has 0 saturated carbocycles. The van der Waals surface area contributed by atoms with E-state index in [-0.39, 0.29) is 0 Å². The Morgan fingerprint density at radius 2 is 2.33 bits per heavy atom. The second-order valence-electron chi connectivity index (χ2n) is 2.90. The zero-order chi connectivity index (χ0) is 10.5. The Hall–Kier alpha value is -1.01. The van der Waals surface area contributed by atoms with Gasteiger partial charge in [-0.05, 0) is 18.4 Å². The van der Waals surface area contributed by atoms with Gasteiger partial charge in [-0.25, -0.2) is 0 Å². The first-order valence-corrected chi connectivity index (χ1v) is 6.72. The monoisotopic (exact) mass is 241 g/mol. The van der Waals surface area contributed by atoms with Crippen molar-refractivity contribution in [1.82, 2.24) is 10.2 Å². The van der Waals surface area contributed by atoms with Gasteiger partial charge in [-0.1, -0.05) is 11.3 Å². The molecule has 80 valence electrons. The van der Waals surface area contributed by atoms with E-state index in [1.54, 1.807) is 17.3 Å². The lowest BCUT2D eigenvalue weighted by Crippen LogP contribution is -1.97. The maximum atomic E-state index is 5.60. The van der Waals surface area contributed by atoms with Gasteiger partial charge in [-0.3, -0.25) is 0 Å². The molecule has 0 aliphatic heterocycles. The second kappa shape index (κ2) is 5.18. The van der Waals surface area contributed by atoms with Crippen LogP contribution in [-0.2, 0) is 12.3 Å². The minimum absolute atomic E-state index is 0.656. The third-order valence-electron chi connectivity index (χ3n) is 1.78. The van der Waals surface area contributed by atoms with Crippen LogP contribution in [0.5, 0.6) is 0 Å². The minimum Gasteiger partial charge on any atom is -0.463 e. The summed E-state index contributed by atoms with van der Waals surface area (Å²) < 4.78 is 5.60. The quantitative estimate of drug-likeness (QED) is 0.872. The Bertz CT molecular complexity index is 399. The van der Waals surface area contributed by atoms with E-state index in [0.29, 0.717) is 6.54 Å². The first-order valence-electron chi connectivity index (χ1n) is 4.45. The average Bonchev–Trinajstić information content (AvgIpc) is 2.85. The van der Waals surface area contributed by atoms with Crippen molar-refractivity contribution in [2.45, 2.75) is 12.3 Å². The fourth-order valence-electron chi connectivity index (χ4n) is 1.15. The Kier molecular flexibility index (Phi) is 3.63. The molecule has 2 aromatic heterocycles.